The number of nitrogens with zero attached hydrogens (tertiary/aromatic N) is 1. The molecule has 1 fully saturated rings. The van der Waals surface area contributed by atoms with E-state index < -0.39 is 10.0 Å². The third-order valence-corrected chi connectivity index (χ3v) is 6.67. The lowest BCUT2D eigenvalue weighted by Crippen LogP contribution is -2.42. The van der Waals surface area contributed by atoms with Crippen LogP contribution in [0.4, 0.5) is 5.69 Å². The molecule has 0 aromatic heterocycles. The largest absolute Gasteiger partial charge is 0.494 e. The summed E-state index contributed by atoms with van der Waals surface area (Å²) in [7, 11) is -3.93. The zero-order chi connectivity index (χ0) is 21.6. The molecule has 2 aromatic rings. The van der Waals surface area contributed by atoms with Crippen molar-refractivity contribution in [3.8, 4) is 5.75 Å². The third kappa shape index (κ3) is 5.52. The lowest BCUT2D eigenvalue weighted by Gasteiger charge is -2.24. The topological polar surface area (TPSA) is 84.9 Å². The molecule has 0 spiro atoms. The van der Waals surface area contributed by atoms with Crippen molar-refractivity contribution in [2.24, 2.45) is 0 Å². The van der Waals surface area contributed by atoms with Gasteiger partial charge in [0.15, 0.2) is 0 Å². The van der Waals surface area contributed by atoms with Crippen molar-refractivity contribution in [1.29, 1.82) is 0 Å². The van der Waals surface area contributed by atoms with E-state index >= 15 is 0 Å². The Morgan fingerprint density at radius 2 is 1.87 bits per heavy atom. The minimum Gasteiger partial charge on any atom is -0.494 e. The minimum atomic E-state index is -3.93. The van der Waals surface area contributed by atoms with E-state index in [1.807, 2.05) is 13.8 Å². The van der Waals surface area contributed by atoms with Crippen LogP contribution < -0.4 is 14.4 Å². The molecule has 2 aromatic carbocycles. The Kier molecular flexibility index (Phi) is 7.33. The summed E-state index contributed by atoms with van der Waals surface area (Å²) in [4.78, 5) is 12.7. The highest BCUT2D eigenvalue weighted by atomic mass is 32.2. The van der Waals surface area contributed by atoms with Gasteiger partial charge >= 0.3 is 0 Å². The molecule has 0 aliphatic carbocycles. The first-order valence-electron chi connectivity index (χ1n) is 10.1. The second kappa shape index (κ2) is 9.95. The summed E-state index contributed by atoms with van der Waals surface area (Å²) in [6.45, 7) is 5.02. The van der Waals surface area contributed by atoms with Gasteiger partial charge in [-0.2, -0.15) is 0 Å². The van der Waals surface area contributed by atoms with Crippen molar-refractivity contribution in [2.45, 2.75) is 37.7 Å². The number of carbonyl (C=O) groups excluding carboxylic acids is 1. The van der Waals surface area contributed by atoms with E-state index in [1.165, 1.54) is 0 Å². The van der Waals surface area contributed by atoms with Gasteiger partial charge in [0.05, 0.1) is 23.3 Å². The maximum atomic E-state index is 13.3. The summed E-state index contributed by atoms with van der Waals surface area (Å²) in [5, 5.41) is 2.79. The van der Waals surface area contributed by atoms with Crippen LogP contribution in [0.1, 0.15) is 25.3 Å². The first-order chi connectivity index (χ1) is 14.4. The van der Waals surface area contributed by atoms with Gasteiger partial charge in [-0.15, -0.1) is 0 Å². The van der Waals surface area contributed by atoms with Gasteiger partial charge < -0.3 is 14.8 Å². The molecule has 1 amide bonds. The number of anilines is 1. The van der Waals surface area contributed by atoms with Crippen molar-refractivity contribution in [3.05, 3.63) is 54.1 Å². The Balaban J connectivity index is 1.83. The Labute approximate surface area is 178 Å². The minimum absolute atomic E-state index is 0.0124. The first kappa shape index (κ1) is 22.1. The molecule has 30 heavy (non-hydrogen) atoms. The molecule has 1 N–H and O–H groups in total. The molecule has 0 radical (unpaired) electrons. The average molecular weight is 433 g/mol. The summed E-state index contributed by atoms with van der Waals surface area (Å²) in [5.74, 6) is 0.256. The fourth-order valence-corrected chi connectivity index (χ4v) is 4.67. The van der Waals surface area contributed by atoms with Gasteiger partial charge in [0, 0.05) is 13.2 Å². The Hall–Kier alpha value is -2.58. The fourth-order valence-electron chi connectivity index (χ4n) is 3.25. The van der Waals surface area contributed by atoms with Gasteiger partial charge in [-0.05, 0) is 63.1 Å². The molecule has 1 saturated heterocycles. The number of benzene rings is 2. The number of carbonyl (C=O) groups is 1. The van der Waals surface area contributed by atoms with Crippen LogP contribution in [0.25, 0.3) is 0 Å². The molecule has 0 unspecified atom stereocenters. The predicted octanol–water partition coefficient (Wildman–Crippen LogP) is 2.88. The second-order valence-corrected chi connectivity index (χ2v) is 9.05. The Morgan fingerprint density at radius 3 is 2.47 bits per heavy atom. The zero-order valence-electron chi connectivity index (χ0n) is 17.3. The van der Waals surface area contributed by atoms with Crippen LogP contribution in [-0.2, 0) is 19.6 Å². The SMILES string of the molecule is CCOc1ccc(N(CC(=O)NC[C@@H]2CCCO2)S(=O)(=O)c2ccc(C)cc2)cc1. The maximum absolute atomic E-state index is 13.3. The van der Waals surface area contributed by atoms with E-state index in [0.717, 1.165) is 22.7 Å². The van der Waals surface area contributed by atoms with Crippen molar-refractivity contribution < 1.29 is 22.7 Å². The number of ether oxygens (including phenoxy) is 2. The highest BCUT2D eigenvalue weighted by Crippen LogP contribution is 2.26. The average Bonchev–Trinajstić information content (AvgIpc) is 3.25. The van der Waals surface area contributed by atoms with E-state index in [4.69, 9.17) is 9.47 Å². The monoisotopic (exact) mass is 432 g/mol. The molecule has 7 nitrogen and oxygen atoms in total. The number of nitrogens with one attached hydrogen (secondary N) is 1. The van der Waals surface area contributed by atoms with Crippen LogP contribution in [0, 0.1) is 6.92 Å². The number of amides is 1. The lowest BCUT2D eigenvalue weighted by atomic mass is 10.2. The highest BCUT2D eigenvalue weighted by molar-refractivity contribution is 7.92. The molecule has 1 aliphatic rings. The molecule has 1 atom stereocenters. The molecule has 0 bridgehead atoms. The van der Waals surface area contributed by atoms with Crippen LogP contribution in [0.15, 0.2) is 53.4 Å². The van der Waals surface area contributed by atoms with Crippen molar-refractivity contribution in [1.82, 2.24) is 5.32 Å². The highest BCUT2D eigenvalue weighted by Gasteiger charge is 2.27. The van der Waals surface area contributed by atoms with Crippen LogP contribution in [0.2, 0.25) is 0 Å². The fraction of sp³-hybridized carbons (Fsp3) is 0.409. The van der Waals surface area contributed by atoms with Crippen LogP contribution in [-0.4, -0.2) is 46.7 Å². The number of hydrogen-bond donors (Lipinski definition) is 1. The number of rotatable bonds is 9. The van der Waals surface area contributed by atoms with Crippen molar-refractivity contribution >= 4 is 21.6 Å². The molecule has 1 heterocycles. The van der Waals surface area contributed by atoms with Crippen molar-refractivity contribution in [3.63, 3.8) is 0 Å². The summed E-state index contributed by atoms with van der Waals surface area (Å²) in [5.41, 5.74) is 1.35. The van der Waals surface area contributed by atoms with Crippen molar-refractivity contribution in [2.75, 3.05) is 30.6 Å². The summed E-state index contributed by atoms with van der Waals surface area (Å²) < 4.78 is 38.8. The van der Waals surface area contributed by atoms with E-state index in [-0.39, 0.29) is 23.5 Å². The standard InChI is InChI=1S/C22H28N2O5S/c1-3-28-19-10-8-18(9-11-19)24(16-22(25)23-15-20-5-4-14-29-20)30(26,27)21-12-6-17(2)7-13-21/h6-13,20H,3-5,14-16H2,1-2H3,(H,23,25)/t20-/m0/s1. The zero-order valence-corrected chi connectivity index (χ0v) is 18.2. The van der Waals surface area contributed by atoms with Gasteiger partial charge in [-0.25, -0.2) is 8.42 Å². The van der Waals surface area contributed by atoms with Gasteiger partial charge in [-0.1, -0.05) is 17.7 Å². The number of sulfonamides is 1. The van der Waals surface area contributed by atoms with Crippen LogP contribution >= 0.6 is 0 Å². The second-order valence-electron chi connectivity index (χ2n) is 7.19. The van der Waals surface area contributed by atoms with E-state index in [9.17, 15) is 13.2 Å². The smallest absolute Gasteiger partial charge is 0.264 e. The van der Waals surface area contributed by atoms with Gasteiger partial charge in [-0.3, -0.25) is 9.10 Å². The molecule has 3 rings (SSSR count). The normalized spacial score (nSPS) is 16.3. The quantitative estimate of drug-likeness (QED) is 0.659. The Morgan fingerprint density at radius 1 is 1.17 bits per heavy atom. The third-order valence-electron chi connectivity index (χ3n) is 4.88. The van der Waals surface area contributed by atoms with Crippen LogP contribution in [0.3, 0.4) is 0 Å². The maximum Gasteiger partial charge on any atom is 0.264 e. The summed E-state index contributed by atoms with van der Waals surface area (Å²) in [6.07, 6.45) is 1.85. The molecular weight excluding hydrogens is 404 g/mol. The van der Waals surface area contributed by atoms with Gasteiger partial charge in [0.1, 0.15) is 12.3 Å². The molecule has 1 aliphatic heterocycles. The van der Waals surface area contributed by atoms with Gasteiger partial charge in [0.25, 0.3) is 10.0 Å². The number of aryl methyl sites for hydroxylation is 1. The lowest BCUT2D eigenvalue weighted by molar-refractivity contribution is -0.120. The van der Waals surface area contributed by atoms with E-state index in [1.54, 1.807) is 48.5 Å². The van der Waals surface area contributed by atoms with E-state index in [2.05, 4.69) is 5.32 Å². The van der Waals surface area contributed by atoms with E-state index in [0.29, 0.717) is 31.2 Å². The molecular formula is C22H28N2O5S. The summed E-state index contributed by atoms with van der Waals surface area (Å²) in [6, 6.07) is 13.3. The first-order valence-corrected chi connectivity index (χ1v) is 11.5. The van der Waals surface area contributed by atoms with Crippen LogP contribution in [0.5, 0.6) is 5.75 Å². The van der Waals surface area contributed by atoms with Gasteiger partial charge in [0.2, 0.25) is 5.91 Å². The predicted molar refractivity (Wildman–Crippen MR) is 115 cm³/mol. The molecule has 8 heteroatoms. The molecule has 0 saturated carbocycles. The molecule has 162 valence electrons. The Bertz CT molecular complexity index is 936. The number of hydrogen-bond acceptors (Lipinski definition) is 5. The summed E-state index contributed by atoms with van der Waals surface area (Å²) >= 11 is 0.